The van der Waals surface area contributed by atoms with E-state index in [-0.39, 0.29) is 16.8 Å². The molecule has 2 heteroatoms. The van der Waals surface area contributed by atoms with E-state index in [1.807, 2.05) is 30.3 Å². The maximum atomic E-state index is 8.05. The van der Waals surface area contributed by atoms with Gasteiger partial charge >= 0.3 is 0 Å². The summed E-state index contributed by atoms with van der Waals surface area (Å²) in [5, 5.41) is 16.1. The van der Waals surface area contributed by atoms with Crippen molar-refractivity contribution in [2.24, 2.45) is 0 Å². The van der Waals surface area contributed by atoms with E-state index >= 15 is 0 Å². The number of allylic oxidation sites excluding steroid dienone is 3. The Balaban J connectivity index is 1.91. The fraction of sp³-hybridized carbons (Fsp3) is 0.182. The molecule has 0 aliphatic heterocycles. The number of rotatable bonds is 2. The van der Waals surface area contributed by atoms with Crippen molar-refractivity contribution in [3.8, 4) is 0 Å². The van der Waals surface area contributed by atoms with Crippen molar-refractivity contribution in [3.05, 3.63) is 82.9 Å². The highest BCUT2D eigenvalue weighted by molar-refractivity contribution is 6.53. The van der Waals surface area contributed by atoms with E-state index in [2.05, 4.69) is 51.1 Å². The van der Waals surface area contributed by atoms with Gasteiger partial charge < -0.3 is 0 Å². The van der Waals surface area contributed by atoms with Crippen LogP contribution in [0.15, 0.2) is 60.7 Å². The van der Waals surface area contributed by atoms with Gasteiger partial charge in [-0.25, -0.2) is 0 Å². The average molecular weight is 314 g/mol. The van der Waals surface area contributed by atoms with Crippen LogP contribution in [-0.4, -0.2) is 11.4 Å². The van der Waals surface area contributed by atoms with Crippen molar-refractivity contribution in [2.45, 2.75) is 26.2 Å². The Bertz CT molecular complexity index is 860. The summed E-state index contributed by atoms with van der Waals surface area (Å²) in [7, 11) is 0. The normalized spacial score (nSPS) is 14.7. The smallest absolute Gasteiger partial charge is 0.0867 e. The summed E-state index contributed by atoms with van der Waals surface area (Å²) in [6, 6.07) is 16.4. The molecule has 0 heterocycles. The third-order valence-electron chi connectivity index (χ3n) is 4.31. The van der Waals surface area contributed by atoms with Crippen LogP contribution in [0.2, 0.25) is 0 Å². The SMILES string of the molecule is CC(C)(C)c1ccc(/C=C/C2=CC(=N)C(=N)c3ccccc32)cc1. The zero-order chi connectivity index (χ0) is 17.3. The molecule has 1 aliphatic carbocycles. The zero-order valence-electron chi connectivity index (χ0n) is 14.4. The number of hydrogen-bond donors (Lipinski definition) is 2. The molecule has 0 spiro atoms. The molecule has 2 aromatic rings. The van der Waals surface area contributed by atoms with Crippen LogP contribution in [0.25, 0.3) is 11.6 Å². The highest BCUT2D eigenvalue weighted by Gasteiger charge is 2.18. The van der Waals surface area contributed by atoms with Crippen molar-refractivity contribution < 1.29 is 0 Å². The Hall–Kier alpha value is -2.74. The second-order valence-corrected chi connectivity index (χ2v) is 7.14. The van der Waals surface area contributed by atoms with Crippen LogP contribution in [0.1, 0.15) is 43.0 Å². The maximum Gasteiger partial charge on any atom is 0.0867 e. The molecule has 0 atom stereocenters. The number of benzene rings is 2. The average Bonchev–Trinajstić information content (AvgIpc) is 2.56. The summed E-state index contributed by atoms with van der Waals surface area (Å²) < 4.78 is 0. The van der Waals surface area contributed by atoms with Crippen molar-refractivity contribution in [3.63, 3.8) is 0 Å². The minimum atomic E-state index is 0.155. The number of fused-ring (bicyclic) bond motifs is 1. The highest BCUT2D eigenvalue weighted by Crippen LogP contribution is 2.27. The van der Waals surface area contributed by atoms with Crippen LogP contribution >= 0.6 is 0 Å². The molecule has 0 amide bonds. The fourth-order valence-electron chi connectivity index (χ4n) is 2.82. The molecule has 120 valence electrons. The summed E-state index contributed by atoms with van der Waals surface area (Å²) in [6.07, 6.45) is 5.87. The number of hydrogen-bond acceptors (Lipinski definition) is 2. The van der Waals surface area contributed by atoms with Gasteiger partial charge in [0.05, 0.1) is 11.4 Å². The van der Waals surface area contributed by atoms with Gasteiger partial charge in [0.15, 0.2) is 0 Å². The van der Waals surface area contributed by atoms with E-state index in [0.29, 0.717) is 0 Å². The Morgan fingerprint density at radius 2 is 1.42 bits per heavy atom. The predicted octanol–water partition coefficient (Wildman–Crippen LogP) is 5.48. The lowest BCUT2D eigenvalue weighted by molar-refractivity contribution is 0.590. The van der Waals surface area contributed by atoms with Crippen LogP contribution in [0.4, 0.5) is 0 Å². The zero-order valence-corrected chi connectivity index (χ0v) is 14.4. The van der Waals surface area contributed by atoms with Gasteiger partial charge in [-0.05, 0) is 33.8 Å². The van der Waals surface area contributed by atoms with Gasteiger partial charge in [0, 0.05) is 5.56 Å². The lowest BCUT2D eigenvalue weighted by Crippen LogP contribution is -2.17. The lowest BCUT2D eigenvalue weighted by atomic mass is 9.86. The topological polar surface area (TPSA) is 47.7 Å². The summed E-state index contributed by atoms with van der Waals surface area (Å²) in [6.45, 7) is 6.63. The molecule has 0 fully saturated rings. The molecule has 24 heavy (non-hydrogen) atoms. The van der Waals surface area contributed by atoms with Gasteiger partial charge in [0.25, 0.3) is 0 Å². The molecule has 2 nitrogen and oxygen atoms in total. The Morgan fingerprint density at radius 1 is 0.792 bits per heavy atom. The van der Waals surface area contributed by atoms with Gasteiger partial charge in [-0.15, -0.1) is 0 Å². The third kappa shape index (κ3) is 3.13. The molecular weight excluding hydrogens is 292 g/mol. The van der Waals surface area contributed by atoms with Gasteiger partial charge in [0.2, 0.25) is 0 Å². The van der Waals surface area contributed by atoms with Crippen LogP contribution in [0.5, 0.6) is 0 Å². The quantitative estimate of drug-likeness (QED) is 0.737. The minimum absolute atomic E-state index is 0.155. The first-order chi connectivity index (χ1) is 11.4. The monoisotopic (exact) mass is 314 g/mol. The molecule has 0 bridgehead atoms. The first-order valence-corrected chi connectivity index (χ1v) is 8.14. The van der Waals surface area contributed by atoms with Crippen LogP contribution in [0.3, 0.4) is 0 Å². The molecule has 0 aromatic heterocycles. The van der Waals surface area contributed by atoms with E-state index in [9.17, 15) is 0 Å². The van der Waals surface area contributed by atoms with Gasteiger partial charge in [-0.3, -0.25) is 10.8 Å². The van der Waals surface area contributed by atoms with Crippen molar-refractivity contribution in [1.82, 2.24) is 0 Å². The number of nitrogens with one attached hydrogen (secondary N) is 2. The van der Waals surface area contributed by atoms with E-state index in [4.69, 9.17) is 10.8 Å². The van der Waals surface area contributed by atoms with Gasteiger partial charge in [0.1, 0.15) is 0 Å². The minimum Gasteiger partial charge on any atom is -0.299 e. The summed E-state index contributed by atoms with van der Waals surface area (Å²) in [5.74, 6) is 0. The van der Waals surface area contributed by atoms with Crippen molar-refractivity contribution in [1.29, 1.82) is 10.8 Å². The summed E-state index contributed by atoms with van der Waals surface area (Å²) in [5.41, 5.74) is 5.97. The molecule has 0 unspecified atom stereocenters. The Morgan fingerprint density at radius 3 is 2.04 bits per heavy atom. The Labute approximate surface area is 143 Å². The molecule has 0 saturated carbocycles. The largest absolute Gasteiger partial charge is 0.299 e. The van der Waals surface area contributed by atoms with Crippen LogP contribution < -0.4 is 0 Å². The fourth-order valence-corrected chi connectivity index (χ4v) is 2.82. The van der Waals surface area contributed by atoms with Gasteiger partial charge in [-0.2, -0.15) is 0 Å². The molecule has 0 radical (unpaired) electrons. The summed E-state index contributed by atoms with van der Waals surface area (Å²) in [4.78, 5) is 0. The third-order valence-corrected chi connectivity index (χ3v) is 4.31. The maximum absolute atomic E-state index is 8.05. The van der Waals surface area contributed by atoms with Crippen LogP contribution in [0, 0.1) is 10.8 Å². The Kier molecular flexibility index (Phi) is 4.06. The van der Waals surface area contributed by atoms with Crippen molar-refractivity contribution >= 4 is 23.1 Å². The second-order valence-electron chi connectivity index (χ2n) is 7.14. The first kappa shape index (κ1) is 16.1. The lowest BCUT2D eigenvalue weighted by Gasteiger charge is -2.19. The molecule has 2 aromatic carbocycles. The van der Waals surface area contributed by atoms with Crippen LogP contribution in [-0.2, 0) is 5.41 Å². The molecule has 3 rings (SSSR count). The molecule has 1 aliphatic rings. The predicted molar refractivity (Wildman–Crippen MR) is 103 cm³/mol. The highest BCUT2D eigenvalue weighted by atomic mass is 14.5. The van der Waals surface area contributed by atoms with E-state index < -0.39 is 0 Å². The second kappa shape index (κ2) is 6.04. The first-order valence-electron chi connectivity index (χ1n) is 8.14. The standard InChI is InChI=1S/C22H22N2/c1-22(2,3)17-12-9-15(10-13-17)8-11-16-14-20(23)21(24)19-7-5-4-6-18(16)19/h4-14,23-24H,1-3H3/b11-8+,23-20?,24-21?. The molecular formula is C22H22N2. The van der Waals surface area contributed by atoms with Crippen molar-refractivity contribution in [2.75, 3.05) is 0 Å². The van der Waals surface area contributed by atoms with E-state index in [1.165, 1.54) is 5.56 Å². The summed E-state index contributed by atoms with van der Waals surface area (Å²) >= 11 is 0. The molecule has 0 saturated heterocycles. The van der Waals surface area contributed by atoms with E-state index in [0.717, 1.165) is 22.3 Å². The molecule has 2 N–H and O–H groups in total. The van der Waals surface area contributed by atoms with E-state index in [1.54, 1.807) is 6.08 Å². The van der Waals surface area contributed by atoms with Gasteiger partial charge in [-0.1, -0.05) is 81.5 Å².